The van der Waals surface area contributed by atoms with Crippen molar-refractivity contribution < 1.29 is 0 Å². The lowest BCUT2D eigenvalue weighted by molar-refractivity contribution is 0.564. The SMILES string of the molecule is Cn1ccnc1N1CCCCCC1CN. The van der Waals surface area contributed by atoms with E-state index in [1.54, 1.807) is 0 Å². The van der Waals surface area contributed by atoms with Crippen LogP contribution in [0.4, 0.5) is 5.95 Å². The minimum Gasteiger partial charge on any atom is -0.338 e. The van der Waals surface area contributed by atoms with Crippen LogP contribution in [0, 0.1) is 0 Å². The zero-order valence-electron chi connectivity index (χ0n) is 9.39. The molecule has 2 N–H and O–H groups in total. The number of imidazole rings is 1. The molecule has 0 radical (unpaired) electrons. The molecule has 1 aliphatic heterocycles. The molecule has 1 atom stereocenters. The average molecular weight is 208 g/mol. The van der Waals surface area contributed by atoms with Gasteiger partial charge in [0.25, 0.3) is 0 Å². The fourth-order valence-electron chi connectivity index (χ4n) is 2.32. The summed E-state index contributed by atoms with van der Waals surface area (Å²) in [5, 5.41) is 0. The molecule has 1 unspecified atom stereocenters. The van der Waals surface area contributed by atoms with Gasteiger partial charge < -0.3 is 15.2 Å². The van der Waals surface area contributed by atoms with Crippen molar-refractivity contribution in [2.75, 3.05) is 18.0 Å². The van der Waals surface area contributed by atoms with Gasteiger partial charge in [0.05, 0.1) is 0 Å². The summed E-state index contributed by atoms with van der Waals surface area (Å²) in [7, 11) is 2.04. The molecule has 0 aromatic carbocycles. The predicted molar refractivity (Wildman–Crippen MR) is 61.9 cm³/mol. The number of hydrogen-bond acceptors (Lipinski definition) is 3. The molecular weight excluding hydrogens is 188 g/mol. The molecule has 2 rings (SSSR count). The fourth-order valence-corrected chi connectivity index (χ4v) is 2.32. The van der Waals surface area contributed by atoms with Crippen LogP contribution in [0.2, 0.25) is 0 Å². The van der Waals surface area contributed by atoms with Gasteiger partial charge in [-0.2, -0.15) is 0 Å². The molecule has 0 spiro atoms. The Morgan fingerprint density at radius 2 is 2.33 bits per heavy atom. The lowest BCUT2D eigenvalue weighted by atomic mass is 10.1. The van der Waals surface area contributed by atoms with Gasteiger partial charge in [-0.3, -0.25) is 0 Å². The highest BCUT2D eigenvalue weighted by molar-refractivity contribution is 5.33. The number of nitrogens with zero attached hydrogens (tertiary/aromatic N) is 3. The summed E-state index contributed by atoms with van der Waals surface area (Å²) in [5.74, 6) is 1.06. The molecule has 0 amide bonds. The first-order chi connectivity index (χ1) is 7.33. The van der Waals surface area contributed by atoms with E-state index >= 15 is 0 Å². The quantitative estimate of drug-likeness (QED) is 0.792. The lowest BCUT2D eigenvalue weighted by Crippen LogP contribution is -2.41. The first-order valence-corrected chi connectivity index (χ1v) is 5.77. The Hall–Kier alpha value is -1.03. The molecule has 0 saturated carbocycles. The number of aryl methyl sites for hydroxylation is 1. The molecule has 84 valence electrons. The first kappa shape index (κ1) is 10.5. The smallest absolute Gasteiger partial charge is 0.205 e. The molecule has 1 aliphatic rings. The Morgan fingerprint density at radius 1 is 1.47 bits per heavy atom. The van der Waals surface area contributed by atoms with Crippen LogP contribution in [-0.4, -0.2) is 28.7 Å². The Balaban J connectivity index is 2.20. The van der Waals surface area contributed by atoms with Gasteiger partial charge in [-0.15, -0.1) is 0 Å². The molecule has 0 aliphatic carbocycles. The van der Waals surface area contributed by atoms with E-state index in [1.807, 2.05) is 19.4 Å². The summed E-state index contributed by atoms with van der Waals surface area (Å²) < 4.78 is 2.08. The summed E-state index contributed by atoms with van der Waals surface area (Å²) in [6.45, 7) is 1.82. The van der Waals surface area contributed by atoms with Crippen LogP contribution in [0.5, 0.6) is 0 Å². The van der Waals surface area contributed by atoms with Crippen molar-refractivity contribution in [1.82, 2.24) is 9.55 Å². The van der Waals surface area contributed by atoms with E-state index in [0.717, 1.165) is 19.0 Å². The predicted octanol–water partition coefficient (Wildman–Crippen LogP) is 1.13. The van der Waals surface area contributed by atoms with E-state index < -0.39 is 0 Å². The molecule has 2 heterocycles. The van der Waals surface area contributed by atoms with Crippen molar-refractivity contribution in [2.24, 2.45) is 12.8 Å². The second kappa shape index (κ2) is 4.66. The van der Waals surface area contributed by atoms with Crippen LogP contribution in [-0.2, 0) is 7.05 Å². The monoisotopic (exact) mass is 208 g/mol. The Bertz CT molecular complexity index is 307. The van der Waals surface area contributed by atoms with E-state index in [-0.39, 0.29) is 0 Å². The van der Waals surface area contributed by atoms with Gasteiger partial charge in [0.15, 0.2) is 0 Å². The lowest BCUT2D eigenvalue weighted by Gasteiger charge is -2.29. The van der Waals surface area contributed by atoms with Crippen molar-refractivity contribution in [3.8, 4) is 0 Å². The van der Waals surface area contributed by atoms with Gasteiger partial charge in [0, 0.05) is 38.6 Å². The number of rotatable bonds is 2. The van der Waals surface area contributed by atoms with E-state index in [4.69, 9.17) is 5.73 Å². The highest BCUT2D eigenvalue weighted by Gasteiger charge is 2.22. The van der Waals surface area contributed by atoms with Crippen molar-refractivity contribution in [3.05, 3.63) is 12.4 Å². The van der Waals surface area contributed by atoms with Gasteiger partial charge in [0.1, 0.15) is 0 Å². The highest BCUT2D eigenvalue weighted by Crippen LogP contribution is 2.21. The maximum Gasteiger partial charge on any atom is 0.205 e. The number of nitrogens with two attached hydrogens (primary N) is 1. The van der Waals surface area contributed by atoms with Gasteiger partial charge in [-0.25, -0.2) is 4.98 Å². The van der Waals surface area contributed by atoms with Crippen LogP contribution in [0.25, 0.3) is 0 Å². The van der Waals surface area contributed by atoms with E-state index in [9.17, 15) is 0 Å². The van der Waals surface area contributed by atoms with Crippen LogP contribution < -0.4 is 10.6 Å². The third kappa shape index (κ3) is 2.15. The average Bonchev–Trinajstić information content (AvgIpc) is 2.54. The van der Waals surface area contributed by atoms with Crippen LogP contribution in [0.1, 0.15) is 25.7 Å². The van der Waals surface area contributed by atoms with E-state index in [2.05, 4.69) is 14.5 Å². The molecule has 1 fully saturated rings. The van der Waals surface area contributed by atoms with Gasteiger partial charge >= 0.3 is 0 Å². The van der Waals surface area contributed by atoms with Gasteiger partial charge in [-0.05, 0) is 12.8 Å². The maximum atomic E-state index is 5.84. The second-order valence-corrected chi connectivity index (χ2v) is 4.27. The van der Waals surface area contributed by atoms with E-state index in [0.29, 0.717) is 6.04 Å². The normalized spacial score (nSPS) is 22.8. The van der Waals surface area contributed by atoms with Crippen molar-refractivity contribution in [2.45, 2.75) is 31.7 Å². The molecule has 1 aromatic rings. The standard InChI is InChI=1S/C11H20N4/c1-14-8-6-13-11(14)15-7-4-2-3-5-10(15)9-12/h6,8,10H,2-5,7,9,12H2,1H3. The fraction of sp³-hybridized carbons (Fsp3) is 0.727. The minimum atomic E-state index is 0.466. The minimum absolute atomic E-state index is 0.466. The van der Waals surface area contributed by atoms with Gasteiger partial charge in [-0.1, -0.05) is 12.8 Å². The third-order valence-corrected chi connectivity index (χ3v) is 3.20. The molecule has 1 saturated heterocycles. The zero-order valence-corrected chi connectivity index (χ0v) is 9.39. The van der Waals surface area contributed by atoms with E-state index in [1.165, 1.54) is 25.7 Å². The van der Waals surface area contributed by atoms with Crippen molar-refractivity contribution in [3.63, 3.8) is 0 Å². The summed E-state index contributed by atoms with van der Waals surface area (Å²) in [5.41, 5.74) is 5.84. The van der Waals surface area contributed by atoms with Crippen LogP contribution in [0.15, 0.2) is 12.4 Å². The highest BCUT2D eigenvalue weighted by atomic mass is 15.3. The molecule has 15 heavy (non-hydrogen) atoms. The number of aromatic nitrogens is 2. The zero-order chi connectivity index (χ0) is 10.7. The number of hydrogen-bond donors (Lipinski definition) is 1. The Kier molecular flexibility index (Phi) is 3.26. The molecule has 1 aromatic heterocycles. The van der Waals surface area contributed by atoms with Gasteiger partial charge in [0.2, 0.25) is 5.95 Å². The molecule has 4 heteroatoms. The summed E-state index contributed by atoms with van der Waals surface area (Å²) in [6, 6.07) is 0.466. The van der Waals surface area contributed by atoms with Crippen molar-refractivity contribution >= 4 is 5.95 Å². The summed E-state index contributed by atoms with van der Waals surface area (Å²) in [4.78, 5) is 6.78. The Labute approximate surface area is 91.1 Å². The van der Waals surface area contributed by atoms with Crippen molar-refractivity contribution in [1.29, 1.82) is 0 Å². The molecule has 0 bridgehead atoms. The maximum absolute atomic E-state index is 5.84. The Morgan fingerprint density at radius 3 is 3.00 bits per heavy atom. The van der Waals surface area contributed by atoms with Crippen LogP contribution >= 0.6 is 0 Å². The third-order valence-electron chi connectivity index (χ3n) is 3.20. The summed E-state index contributed by atoms with van der Waals surface area (Å²) >= 11 is 0. The summed E-state index contributed by atoms with van der Waals surface area (Å²) in [6.07, 6.45) is 8.91. The topological polar surface area (TPSA) is 47.1 Å². The second-order valence-electron chi connectivity index (χ2n) is 4.27. The largest absolute Gasteiger partial charge is 0.338 e. The first-order valence-electron chi connectivity index (χ1n) is 5.77. The molecule has 4 nitrogen and oxygen atoms in total. The number of anilines is 1. The van der Waals surface area contributed by atoms with Crippen LogP contribution in [0.3, 0.4) is 0 Å². The molecular formula is C11H20N4.